The summed E-state index contributed by atoms with van der Waals surface area (Å²) in [5.41, 5.74) is -0.219. The molecule has 166 valence electrons. The smallest absolute Gasteiger partial charge is 0.125 e. The number of aliphatic hydroxyl groups is 1. The van der Waals surface area contributed by atoms with Crippen molar-refractivity contribution in [2.45, 2.75) is 70.8 Å². The van der Waals surface area contributed by atoms with Crippen LogP contribution in [0.4, 0.5) is 0 Å². The Kier molecular flexibility index (Phi) is 10.8. The van der Waals surface area contributed by atoms with Gasteiger partial charge in [-0.3, -0.25) is 4.90 Å². The average Bonchev–Trinajstić information content (AvgIpc) is 2.73. The number of benzene rings is 1. The molecule has 5 nitrogen and oxygen atoms in total. The first-order valence-corrected chi connectivity index (χ1v) is 11.4. The first-order chi connectivity index (χ1) is 14.1. The minimum Gasteiger partial charge on any atom is -0.497 e. The van der Waals surface area contributed by atoms with E-state index in [0.29, 0.717) is 13.2 Å². The van der Waals surface area contributed by atoms with Gasteiger partial charge in [-0.1, -0.05) is 51.9 Å². The molecule has 2 rings (SSSR count). The molecule has 0 aromatic heterocycles. The third-order valence-corrected chi connectivity index (χ3v) is 5.66. The van der Waals surface area contributed by atoms with Crippen LogP contribution in [0.1, 0.15) is 70.8 Å². The minimum atomic E-state index is -1.01. The number of morpholine rings is 1. The molecule has 1 aromatic rings. The summed E-state index contributed by atoms with van der Waals surface area (Å²) in [7, 11) is 1.65. The first kappa shape index (κ1) is 24.0. The Morgan fingerprint density at radius 1 is 1.03 bits per heavy atom. The van der Waals surface area contributed by atoms with E-state index in [1.807, 2.05) is 25.1 Å². The molecule has 1 N–H and O–H groups in total. The van der Waals surface area contributed by atoms with Gasteiger partial charge in [0.15, 0.2) is 0 Å². The van der Waals surface area contributed by atoms with Gasteiger partial charge in [0.25, 0.3) is 0 Å². The third kappa shape index (κ3) is 8.53. The lowest BCUT2D eigenvalue weighted by molar-refractivity contribution is -0.0266. The molecule has 1 unspecified atom stereocenters. The van der Waals surface area contributed by atoms with E-state index in [0.717, 1.165) is 49.8 Å². The van der Waals surface area contributed by atoms with Gasteiger partial charge < -0.3 is 19.3 Å². The van der Waals surface area contributed by atoms with Crippen molar-refractivity contribution in [1.29, 1.82) is 0 Å². The zero-order valence-corrected chi connectivity index (χ0v) is 18.8. The molecule has 1 aliphatic rings. The minimum absolute atomic E-state index is 0.553. The van der Waals surface area contributed by atoms with Crippen LogP contribution in [0, 0.1) is 0 Å². The maximum Gasteiger partial charge on any atom is 0.125 e. The van der Waals surface area contributed by atoms with Crippen molar-refractivity contribution < 1.29 is 19.3 Å². The van der Waals surface area contributed by atoms with Gasteiger partial charge in [0.1, 0.15) is 17.1 Å². The summed E-state index contributed by atoms with van der Waals surface area (Å²) in [6.07, 6.45) is 10.2. The van der Waals surface area contributed by atoms with Gasteiger partial charge in [-0.25, -0.2) is 0 Å². The van der Waals surface area contributed by atoms with Crippen LogP contribution in [0.15, 0.2) is 18.2 Å². The van der Waals surface area contributed by atoms with Gasteiger partial charge in [0.05, 0.1) is 26.9 Å². The zero-order chi connectivity index (χ0) is 21.0. The molecule has 1 aromatic carbocycles. The molecule has 1 heterocycles. The molecule has 0 saturated carbocycles. The van der Waals surface area contributed by atoms with Crippen LogP contribution in [0.2, 0.25) is 0 Å². The second kappa shape index (κ2) is 13.1. The molecule has 0 aliphatic carbocycles. The lowest BCUT2D eigenvalue weighted by atomic mass is 9.93. The van der Waals surface area contributed by atoms with Crippen molar-refractivity contribution in [3.05, 3.63) is 23.8 Å². The molecular formula is C24H41NO4. The summed E-state index contributed by atoms with van der Waals surface area (Å²) in [5, 5.41) is 11.3. The molecule has 1 aliphatic heterocycles. The van der Waals surface area contributed by atoms with Crippen molar-refractivity contribution >= 4 is 0 Å². The molecule has 0 spiro atoms. The maximum atomic E-state index is 11.3. The van der Waals surface area contributed by atoms with Gasteiger partial charge in [0, 0.05) is 25.2 Å². The summed E-state index contributed by atoms with van der Waals surface area (Å²) in [5.74, 6) is 1.49. The number of hydrogen-bond donors (Lipinski definition) is 1. The predicted octanol–water partition coefficient (Wildman–Crippen LogP) is 4.75. The van der Waals surface area contributed by atoms with E-state index in [1.54, 1.807) is 7.11 Å². The topological polar surface area (TPSA) is 51.2 Å². The number of β-amino-alcohol motifs (C(OH)–C–C–N with tert-alkyl or cyclic N) is 1. The predicted molar refractivity (Wildman–Crippen MR) is 118 cm³/mol. The Bertz CT molecular complexity index is 570. The lowest BCUT2D eigenvalue weighted by Crippen LogP contribution is -2.44. The molecule has 1 atom stereocenters. The number of nitrogens with zero attached hydrogens (tertiary/aromatic N) is 1. The zero-order valence-electron chi connectivity index (χ0n) is 18.8. The van der Waals surface area contributed by atoms with E-state index in [2.05, 4.69) is 11.8 Å². The Hall–Kier alpha value is -1.30. The van der Waals surface area contributed by atoms with Crippen molar-refractivity contribution in [2.24, 2.45) is 0 Å². The fourth-order valence-electron chi connectivity index (χ4n) is 3.88. The summed E-state index contributed by atoms with van der Waals surface area (Å²) in [4.78, 5) is 2.24. The average molecular weight is 408 g/mol. The second-order valence-electron chi connectivity index (χ2n) is 8.35. The number of hydrogen-bond acceptors (Lipinski definition) is 5. The van der Waals surface area contributed by atoms with Gasteiger partial charge in [-0.05, 0) is 31.5 Å². The van der Waals surface area contributed by atoms with E-state index in [9.17, 15) is 5.11 Å². The Balaban J connectivity index is 1.87. The van der Waals surface area contributed by atoms with Crippen LogP contribution in [-0.2, 0) is 10.3 Å². The molecule has 5 heteroatoms. The van der Waals surface area contributed by atoms with Crippen LogP contribution in [0.25, 0.3) is 0 Å². The van der Waals surface area contributed by atoms with Crippen LogP contribution in [0.5, 0.6) is 11.5 Å². The monoisotopic (exact) mass is 407 g/mol. The highest BCUT2D eigenvalue weighted by molar-refractivity contribution is 5.43. The SMILES string of the molecule is CCCCCCCCCCOc1ccc(OC)cc1C(C)(O)CN1CCOCC1. The van der Waals surface area contributed by atoms with Gasteiger partial charge in [0.2, 0.25) is 0 Å². The summed E-state index contributed by atoms with van der Waals surface area (Å²) in [6, 6.07) is 5.73. The lowest BCUT2D eigenvalue weighted by Gasteiger charge is -2.35. The summed E-state index contributed by atoms with van der Waals surface area (Å²) < 4.78 is 16.9. The van der Waals surface area contributed by atoms with Crippen molar-refractivity contribution in [1.82, 2.24) is 4.90 Å². The highest BCUT2D eigenvalue weighted by atomic mass is 16.5. The second-order valence-corrected chi connectivity index (χ2v) is 8.35. The van der Waals surface area contributed by atoms with E-state index in [4.69, 9.17) is 14.2 Å². The molecular weight excluding hydrogens is 366 g/mol. The van der Waals surface area contributed by atoms with Crippen LogP contribution in [0.3, 0.4) is 0 Å². The molecule has 29 heavy (non-hydrogen) atoms. The largest absolute Gasteiger partial charge is 0.497 e. The maximum absolute atomic E-state index is 11.3. The normalized spacial score (nSPS) is 17.1. The number of ether oxygens (including phenoxy) is 3. The van der Waals surface area contributed by atoms with Gasteiger partial charge >= 0.3 is 0 Å². The van der Waals surface area contributed by atoms with Crippen LogP contribution >= 0.6 is 0 Å². The molecule has 0 amide bonds. The fraction of sp³-hybridized carbons (Fsp3) is 0.750. The Labute approximate surface area is 177 Å². The van der Waals surface area contributed by atoms with E-state index in [1.165, 1.54) is 44.9 Å². The molecule has 1 fully saturated rings. The summed E-state index contributed by atoms with van der Waals surface area (Å²) >= 11 is 0. The molecule has 1 saturated heterocycles. The van der Waals surface area contributed by atoms with E-state index >= 15 is 0 Å². The van der Waals surface area contributed by atoms with E-state index < -0.39 is 5.60 Å². The third-order valence-electron chi connectivity index (χ3n) is 5.66. The van der Waals surface area contributed by atoms with Crippen LogP contribution in [-0.4, -0.2) is 56.6 Å². The molecule has 0 radical (unpaired) electrons. The summed E-state index contributed by atoms with van der Waals surface area (Å²) in [6.45, 7) is 8.47. The quantitative estimate of drug-likeness (QED) is 0.451. The number of unbranched alkanes of at least 4 members (excludes halogenated alkanes) is 7. The number of rotatable bonds is 14. The highest BCUT2D eigenvalue weighted by Gasteiger charge is 2.30. The standard InChI is InChI=1S/C24H41NO4/c1-4-5-6-7-8-9-10-11-16-29-23-13-12-21(27-3)19-22(23)24(2,26)20-25-14-17-28-18-15-25/h12-13,19,26H,4-11,14-18,20H2,1-3H3. The Morgan fingerprint density at radius 3 is 2.34 bits per heavy atom. The Morgan fingerprint density at radius 2 is 1.69 bits per heavy atom. The van der Waals surface area contributed by atoms with Crippen LogP contribution < -0.4 is 9.47 Å². The number of methoxy groups -OCH3 is 1. The van der Waals surface area contributed by atoms with E-state index in [-0.39, 0.29) is 0 Å². The first-order valence-electron chi connectivity index (χ1n) is 11.4. The van der Waals surface area contributed by atoms with Gasteiger partial charge in [-0.15, -0.1) is 0 Å². The molecule has 0 bridgehead atoms. The van der Waals surface area contributed by atoms with Crippen molar-refractivity contribution in [2.75, 3.05) is 46.6 Å². The fourth-order valence-corrected chi connectivity index (χ4v) is 3.88. The highest BCUT2D eigenvalue weighted by Crippen LogP contribution is 2.34. The van der Waals surface area contributed by atoms with Crippen molar-refractivity contribution in [3.63, 3.8) is 0 Å². The van der Waals surface area contributed by atoms with Gasteiger partial charge in [-0.2, -0.15) is 0 Å². The van der Waals surface area contributed by atoms with Crippen molar-refractivity contribution in [3.8, 4) is 11.5 Å².